The van der Waals surface area contributed by atoms with Gasteiger partial charge in [-0.2, -0.15) is 0 Å². The maximum absolute atomic E-state index is 13.0. The molecule has 250 valence electrons. The van der Waals surface area contributed by atoms with Crippen molar-refractivity contribution in [2.24, 2.45) is 0 Å². The van der Waals surface area contributed by atoms with Gasteiger partial charge in [0.05, 0.1) is 11.1 Å². The van der Waals surface area contributed by atoms with Gasteiger partial charge in [-0.15, -0.1) is 0 Å². The zero-order valence-corrected chi connectivity index (χ0v) is 24.0. The lowest BCUT2D eigenvalue weighted by atomic mass is 9.98. The lowest BCUT2D eigenvalue weighted by Crippen LogP contribution is -2.61. The summed E-state index contributed by atoms with van der Waals surface area (Å²) in [5.74, 6) is -8.40. The van der Waals surface area contributed by atoms with Crippen molar-refractivity contribution >= 4 is 18.0 Å². The molecule has 17 nitrogen and oxygen atoms in total. The Hall–Kier alpha value is -5.78. The summed E-state index contributed by atoms with van der Waals surface area (Å²) in [6.07, 6.45) is -9.47. The number of hydrogen-bond donors (Lipinski definition) is 10. The van der Waals surface area contributed by atoms with Crippen molar-refractivity contribution in [2.45, 2.75) is 43.7 Å². The first-order valence-corrected chi connectivity index (χ1v) is 13.6. The van der Waals surface area contributed by atoms with Crippen LogP contribution in [-0.4, -0.2) is 100 Å². The predicted octanol–water partition coefficient (Wildman–Crippen LogP) is 1.27. The summed E-state index contributed by atoms with van der Waals surface area (Å²) in [5.41, 5.74) is -0.538. The molecule has 47 heavy (non-hydrogen) atoms. The molecule has 0 radical (unpaired) electrons. The van der Waals surface area contributed by atoms with Gasteiger partial charge < -0.3 is 74.7 Å². The molecule has 0 amide bonds. The van der Waals surface area contributed by atoms with Crippen LogP contribution in [0.3, 0.4) is 0 Å². The molecule has 1 saturated heterocycles. The molecule has 0 aliphatic carbocycles. The van der Waals surface area contributed by atoms with Crippen LogP contribution in [0.1, 0.15) is 34.5 Å². The van der Waals surface area contributed by atoms with Crippen molar-refractivity contribution in [1.29, 1.82) is 0 Å². The summed E-state index contributed by atoms with van der Waals surface area (Å²) in [5, 5.41) is 103. The molecule has 3 aromatic rings. The van der Waals surface area contributed by atoms with E-state index >= 15 is 0 Å². The zero-order valence-electron chi connectivity index (χ0n) is 24.0. The summed E-state index contributed by atoms with van der Waals surface area (Å²) in [6, 6.07) is 5.70. The smallest absolute Gasteiger partial charge is 0.339 e. The molecule has 0 spiro atoms. The average Bonchev–Trinajstić information content (AvgIpc) is 3.00. The summed E-state index contributed by atoms with van der Waals surface area (Å²) >= 11 is 0. The van der Waals surface area contributed by atoms with Crippen molar-refractivity contribution in [3.05, 3.63) is 58.8 Å². The lowest BCUT2D eigenvalue weighted by molar-refractivity contribution is -0.277. The zero-order chi connectivity index (χ0) is 34.3. The van der Waals surface area contributed by atoms with Crippen molar-refractivity contribution in [3.8, 4) is 51.7 Å². The number of aromatic hydroxyl groups is 7. The van der Waals surface area contributed by atoms with Crippen molar-refractivity contribution < 1.29 is 84.3 Å². The normalized spacial score (nSPS) is 23.5. The van der Waals surface area contributed by atoms with Crippen LogP contribution >= 0.6 is 0 Å². The van der Waals surface area contributed by atoms with E-state index in [4.69, 9.17) is 23.7 Å². The van der Waals surface area contributed by atoms with Gasteiger partial charge in [-0.1, -0.05) is 0 Å². The Labute approximate surface area is 263 Å². The van der Waals surface area contributed by atoms with Crippen LogP contribution in [0.4, 0.5) is 0 Å². The fourth-order valence-electron chi connectivity index (χ4n) is 4.85. The highest BCUT2D eigenvalue weighted by molar-refractivity contribution is 5.91. The van der Waals surface area contributed by atoms with Crippen LogP contribution in [0, 0.1) is 0 Å². The van der Waals surface area contributed by atoms with Gasteiger partial charge in [0.15, 0.2) is 41.0 Å². The number of hydrogen-bond acceptors (Lipinski definition) is 17. The Morgan fingerprint density at radius 2 is 1.47 bits per heavy atom. The summed E-state index contributed by atoms with van der Waals surface area (Å²) in [7, 11) is 0. The topological polar surface area (TPSA) is 283 Å². The van der Waals surface area contributed by atoms with E-state index in [2.05, 4.69) is 0 Å². The molecule has 0 aromatic heterocycles. The molecule has 10 N–H and O–H groups in total. The van der Waals surface area contributed by atoms with Gasteiger partial charge in [-0.05, 0) is 30.3 Å². The second kappa shape index (κ2) is 12.5. The molecule has 2 aliphatic rings. The number of rotatable bonds is 7. The van der Waals surface area contributed by atoms with Gasteiger partial charge in [0.2, 0.25) is 12.0 Å². The highest BCUT2D eigenvalue weighted by Crippen LogP contribution is 2.46. The van der Waals surface area contributed by atoms with Crippen LogP contribution in [0.5, 0.6) is 51.7 Å². The molecule has 17 heteroatoms. The average molecular weight is 661 g/mol. The van der Waals surface area contributed by atoms with E-state index in [0.717, 1.165) is 49.4 Å². The maximum Gasteiger partial charge on any atom is 0.339 e. The highest BCUT2D eigenvalue weighted by Gasteiger charge is 2.49. The maximum atomic E-state index is 13.0. The number of phenolic OH excluding ortho intramolecular Hbond substituents is 7. The van der Waals surface area contributed by atoms with Gasteiger partial charge in [-0.3, -0.25) is 4.79 Å². The fraction of sp³-hybridized carbons (Fsp3) is 0.267. The van der Waals surface area contributed by atoms with E-state index < -0.39 is 107 Å². The van der Waals surface area contributed by atoms with E-state index in [1.54, 1.807) is 0 Å². The standard InChI is InChI=1S/C30H28O17/c1-10(31)43-9-22-25(40)26(41)28(47-29(42)12-3-16(34)23(38)17(35)4-12)30(46-22)45-21-5-11(2-18(36)24(21)39)27-19(37)8-14-15(33)6-13(32)7-20(14)44-27/h2-8,22,25-28,30,32-41H,9H2,1H3/t22-,25+,26+,27?,28-,30-/m1/s1. The van der Waals surface area contributed by atoms with E-state index in [1.807, 2.05) is 0 Å². The Morgan fingerprint density at radius 3 is 2.13 bits per heavy atom. The first kappa shape index (κ1) is 32.6. The highest BCUT2D eigenvalue weighted by atomic mass is 16.7. The number of aliphatic hydroxyl groups excluding tert-OH is 3. The third-order valence-electron chi connectivity index (χ3n) is 7.18. The Morgan fingerprint density at radius 1 is 0.809 bits per heavy atom. The number of carbonyl (C=O) groups is 2. The first-order valence-electron chi connectivity index (χ1n) is 13.6. The van der Waals surface area contributed by atoms with Crippen molar-refractivity contribution in [3.63, 3.8) is 0 Å². The van der Waals surface area contributed by atoms with Crippen LogP contribution in [0.2, 0.25) is 0 Å². The van der Waals surface area contributed by atoms with E-state index in [9.17, 15) is 60.7 Å². The molecule has 0 bridgehead atoms. The van der Waals surface area contributed by atoms with Crippen LogP contribution in [0.25, 0.3) is 6.08 Å². The quantitative estimate of drug-likeness (QED) is 0.126. The van der Waals surface area contributed by atoms with Crippen LogP contribution in [0.15, 0.2) is 42.2 Å². The molecule has 6 atom stereocenters. The predicted molar refractivity (Wildman–Crippen MR) is 152 cm³/mol. The molecule has 1 fully saturated rings. The molecule has 3 aromatic carbocycles. The Bertz CT molecular complexity index is 1730. The number of carbonyl (C=O) groups excluding carboxylic acids is 2. The first-order chi connectivity index (χ1) is 22.1. The van der Waals surface area contributed by atoms with Gasteiger partial charge in [0.1, 0.15) is 47.9 Å². The van der Waals surface area contributed by atoms with Crippen molar-refractivity contribution in [2.75, 3.05) is 6.61 Å². The largest absolute Gasteiger partial charge is 0.508 e. The number of fused-ring (bicyclic) bond motifs is 1. The summed E-state index contributed by atoms with van der Waals surface area (Å²) in [6.45, 7) is 0.454. The second-order valence-corrected chi connectivity index (χ2v) is 10.5. The monoisotopic (exact) mass is 660 g/mol. The minimum atomic E-state index is -2.01. The number of esters is 2. The molecule has 2 heterocycles. The number of phenols is 7. The third kappa shape index (κ3) is 6.48. The third-order valence-corrected chi connectivity index (χ3v) is 7.18. The molecule has 0 saturated carbocycles. The van der Waals surface area contributed by atoms with E-state index in [1.165, 1.54) is 0 Å². The SMILES string of the molecule is CC(=O)OC[C@H]1O[C@@H](Oc2cc(C3Oc4cc(O)cc(O)c4C=C3O)cc(O)c2O)[C@H](OC(=O)c2cc(O)c(O)c(O)c2)[C@@H](O)[C@H]1O. The Balaban J connectivity index is 1.48. The minimum absolute atomic E-state index is 0.0397. The molecule has 2 aliphatic heterocycles. The number of benzene rings is 3. The fourth-order valence-corrected chi connectivity index (χ4v) is 4.85. The molecule has 1 unspecified atom stereocenters. The summed E-state index contributed by atoms with van der Waals surface area (Å²) < 4.78 is 27.2. The second-order valence-electron chi connectivity index (χ2n) is 10.5. The van der Waals surface area contributed by atoms with E-state index in [0.29, 0.717) is 0 Å². The van der Waals surface area contributed by atoms with E-state index in [-0.39, 0.29) is 22.6 Å². The van der Waals surface area contributed by atoms with Gasteiger partial charge in [-0.25, -0.2) is 4.79 Å². The molecular formula is C30H28O17. The van der Waals surface area contributed by atoms with Crippen LogP contribution < -0.4 is 9.47 Å². The lowest BCUT2D eigenvalue weighted by Gasteiger charge is -2.41. The van der Waals surface area contributed by atoms with Gasteiger partial charge >= 0.3 is 11.9 Å². The Kier molecular flexibility index (Phi) is 8.70. The summed E-state index contributed by atoms with van der Waals surface area (Å²) in [4.78, 5) is 24.4. The number of ether oxygens (including phenoxy) is 5. The molecule has 5 rings (SSSR count). The van der Waals surface area contributed by atoms with Gasteiger partial charge in [0, 0.05) is 24.6 Å². The molecular weight excluding hydrogens is 632 g/mol. The van der Waals surface area contributed by atoms with Gasteiger partial charge in [0.25, 0.3) is 0 Å². The van der Waals surface area contributed by atoms with Crippen molar-refractivity contribution in [1.82, 2.24) is 0 Å². The van der Waals surface area contributed by atoms with Crippen LogP contribution in [-0.2, 0) is 19.0 Å². The minimum Gasteiger partial charge on any atom is -0.508 e. The number of aliphatic hydroxyl groups is 3.